The number of sulfone groups is 1. The summed E-state index contributed by atoms with van der Waals surface area (Å²) in [5, 5.41) is 5.21. The van der Waals surface area contributed by atoms with Crippen molar-refractivity contribution < 1.29 is 25.9 Å². The second-order valence-corrected chi connectivity index (χ2v) is 9.75. The van der Waals surface area contributed by atoms with Gasteiger partial charge in [-0.15, -0.1) is 0 Å². The maximum atomic E-state index is 12.3. The van der Waals surface area contributed by atoms with Gasteiger partial charge in [0.2, 0.25) is 5.96 Å². The molecule has 1 aromatic carbocycles. The van der Waals surface area contributed by atoms with Crippen LogP contribution >= 0.6 is 0 Å². The summed E-state index contributed by atoms with van der Waals surface area (Å²) >= 11 is 0. The van der Waals surface area contributed by atoms with E-state index in [9.17, 15) is 21.6 Å². The van der Waals surface area contributed by atoms with Gasteiger partial charge in [0, 0.05) is 24.9 Å². The molecule has 1 aliphatic rings. The number of anilines is 1. The second-order valence-electron chi connectivity index (χ2n) is 6.21. The van der Waals surface area contributed by atoms with E-state index in [2.05, 4.69) is 14.8 Å². The van der Waals surface area contributed by atoms with Crippen LogP contribution in [0.5, 0.6) is 0 Å². The molecule has 27 heavy (non-hydrogen) atoms. The van der Waals surface area contributed by atoms with Gasteiger partial charge in [0.15, 0.2) is 9.84 Å². The van der Waals surface area contributed by atoms with Gasteiger partial charge >= 0.3 is 10.1 Å². The molecule has 0 aromatic heterocycles. The maximum Gasteiger partial charge on any atom is 0.325 e. The van der Waals surface area contributed by atoms with Crippen LogP contribution in [0.3, 0.4) is 0 Å². The van der Waals surface area contributed by atoms with Crippen LogP contribution in [0.4, 0.5) is 5.69 Å². The number of piperidine rings is 1. The highest BCUT2D eigenvalue weighted by molar-refractivity contribution is 7.90. The highest BCUT2D eigenvalue weighted by atomic mass is 32.2. The number of guanidine groups is 1. The molecule has 0 radical (unpaired) electrons. The average molecular weight is 418 g/mol. The molecule has 0 spiro atoms. The first kappa shape index (κ1) is 21.0. The molecule has 1 heterocycles. The van der Waals surface area contributed by atoms with Gasteiger partial charge in [0.1, 0.15) is 0 Å². The van der Waals surface area contributed by atoms with E-state index in [4.69, 9.17) is 5.73 Å². The van der Waals surface area contributed by atoms with Crippen LogP contribution in [0.1, 0.15) is 29.6 Å². The molecule has 1 aliphatic heterocycles. The fraction of sp³-hybridized carbons (Fsp3) is 0.467. The zero-order valence-corrected chi connectivity index (χ0v) is 16.6. The summed E-state index contributed by atoms with van der Waals surface area (Å²) in [6.07, 6.45) is 4.88. The Morgan fingerprint density at radius 1 is 1.15 bits per heavy atom. The van der Waals surface area contributed by atoms with Gasteiger partial charge < -0.3 is 10.6 Å². The van der Waals surface area contributed by atoms with E-state index in [1.807, 2.05) is 4.90 Å². The van der Waals surface area contributed by atoms with Crippen LogP contribution in [0.25, 0.3) is 0 Å². The number of hydrogen-bond acceptors (Lipinski definition) is 8. The van der Waals surface area contributed by atoms with Crippen molar-refractivity contribution >= 4 is 37.5 Å². The smallest absolute Gasteiger partial charge is 0.325 e. The quantitative estimate of drug-likeness (QED) is 0.386. The summed E-state index contributed by atoms with van der Waals surface area (Å²) in [4.78, 5) is 14.3. The molecule has 2 rings (SSSR count). The van der Waals surface area contributed by atoms with E-state index >= 15 is 0 Å². The molecule has 0 aliphatic carbocycles. The summed E-state index contributed by atoms with van der Waals surface area (Å²) in [5.74, 6) is -1.32. The Labute approximate surface area is 158 Å². The lowest BCUT2D eigenvalue weighted by atomic mass is 10.1. The van der Waals surface area contributed by atoms with Gasteiger partial charge in [-0.25, -0.2) is 8.42 Å². The van der Waals surface area contributed by atoms with Crippen molar-refractivity contribution in [3.05, 3.63) is 23.8 Å². The third-order valence-corrected chi connectivity index (χ3v) is 5.30. The number of amides is 1. The Bertz CT molecular complexity index is 951. The molecule has 0 bridgehead atoms. The summed E-state index contributed by atoms with van der Waals surface area (Å²) in [6, 6.07) is 4.31. The lowest BCUT2D eigenvalue weighted by Gasteiger charge is -2.30. The fourth-order valence-electron chi connectivity index (χ4n) is 2.67. The van der Waals surface area contributed by atoms with Crippen LogP contribution in [0, 0.1) is 0 Å². The minimum Gasteiger partial charge on any atom is -0.370 e. The third kappa shape index (κ3) is 6.10. The number of nitrogens with one attached hydrogen (secondary N) is 1. The van der Waals surface area contributed by atoms with E-state index in [0.29, 0.717) is 5.69 Å². The molecule has 10 nitrogen and oxygen atoms in total. The SMILES string of the molecule is CS(=O)(=O)ON=C(N)NC(=O)c1ccc(N2CCCCC2)c(S(C)(=O)=O)c1. The molecular formula is C15H22N4O6S2. The van der Waals surface area contributed by atoms with Crippen LogP contribution < -0.4 is 16.0 Å². The predicted molar refractivity (Wildman–Crippen MR) is 101 cm³/mol. The molecule has 1 saturated heterocycles. The van der Waals surface area contributed by atoms with Gasteiger partial charge in [0.05, 0.1) is 16.8 Å². The lowest BCUT2D eigenvalue weighted by Crippen LogP contribution is -2.37. The van der Waals surface area contributed by atoms with Crippen molar-refractivity contribution in [3.63, 3.8) is 0 Å². The summed E-state index contributed by atoms with van der Waals surface area (Å²) in [7, 11) is -7.45. The molecule has 0 saturated carbocycles. The summed E-state index contributed by atoms with van der Waals surface area (Å²) in [5.41, 5.74) is 5.98. The van der Waals surface area contributed by atoms with Crippen molar-refractivity contribution in [1.82, 2.24) is 5.32 Å². The molecule has 0 atom stereocenters. The van der Waals surface area contributed by atoms with Gasteiger partial charge in [-0.3, -0.25) is 14.4 Å². The first-order valence-electron chi connectivity index (χ1n) is 8.10. The highest BCUT2D eigenvalue weighted by Gasteiger charge is 2.22. The standard InChI is InChI=1S/C15H22N4O6S2/c1-26(21,22)13-10-11(6-7-12(13)19-8-4-3-5-9-19)14(20)17-15(16)18-25-27(2,23)24/h6-7,10H,3-5,8-9H2,1-2H3,(H3,16,17,18,20). The number of benzene rings is 1. The number of oxime groups is 1. The van der Waals surface area contributed by atoms with E-state index < -0.39 is 31.8 Å². The molecule has 12 heteroatoms. The van der Waals surface area contributed by atoms with E-state index in [0.717, 1.165) is 44.9 Å². The Balaban J connectivity index is 2.28. The zero-order chi connectivity index (χ0) is 20.2. The van der Waals surface area contributed by atoms with Crippen molar-refractivity contribution in [2.45, 2.75) is 24.2 Å². The number of carbonyl (C=O) groups excluding carboxylic acids is 1. The normalized spacial score (nSPS) is 16.1. The second kappa shape index (κ2) is 8.13. The van der Waals surface area contributed by atoms with Crippen molar-refractivity contribution in [2.24, 2.45) is 10.9 Å². The van der Waals surface area contributed by atoms with Crippen LogP contribution in [-0.2, 0) is 24.2 Å². The Morgan fingerprint density at radius 3 is 2.33 bits per heavy atom. The lowest BCUT2D eigenvalue weighted by molar-refractivity contribution is 0.0975. The molecule has 3 N–H and O–H groups in total. The zero-order valence-electron chi connectivity index (χ0n) is 15.0. The minimum atomic E-state index is -3.87. The van der Waals surface area contributed by atoms with Crippen LogP contribution in [-0.4, -0.2) is 54.3 Å². The van der Waals surface area contributed by atoms with Gasteiger partial charge in [-0.2, -0.15) is 8.42 Å². The number of nitrogens with zero attached hydrogens (tertiary/aromatic N) is 2. The topological polar surface area (TPSA) is 148 Å². The van der Waals surface area contributed by atoms with Gasteiger partial charge in [0.25, 0.3) is 5.91 Å². The number of carbonyl (C=O) groups is 1. The maximum absolute atomic E-state index is 12.3. The Kier molecular flexibility index (Phi) is 6.31. The van der Waals surface area contributed by atoms with E-state index in [1.165, 1.54) is 12.1 Å². The van der Waals surface area contributed by atoms with Crippen molar-refractivity contribution in [3.8, 4) is 0 Å². The molecule has 1 amide bonds. The van der Waals surface area contributed by atoms with Gasteiger partial charge in [-0.1, -0.05) is 0 Å². The van der Waals surface area contributed by atoms with Crippen molar-refractivity contribution in [1.29, 1.82) is 0 Å². The molecule has 0 unspecified atom stereocenters. The third-order valence-electron chi connectivity index (χ3n) is 3.83. The number of rotatable bonds is 5. The first-order chi connectivity index (χ1) is 12.5. The Morgan fingerprint density at radius 2 is 1.78 bits per heavy atom. The number of nitrogens with two attached hydrogens (primary N) is 1. The minimum absolute atomic E-state index is 0.0358. The largest absolute Gasteiger partial charge is 0.370 e. The van der Waals surface area contributed by atoms with Crippen molar-refractivity contribution in [2.75, 3.05) is 30.5 Å². The number of hydrogen-bond donors (Lipinski definition) is 2. The highest BCUT2D eigenvalue weighted by Crippen LogP contribution is 2.29. The average Bonchev–Trinajstić information content (AvgIpc) is 2.59. The predicted octanol–water partition coefficient (Wildman–Crippen LogP) is 0.0161. The monoisotopic (exact) mass is 418 g/mol. The van der Waals surface area contributed by atoms with E-state index in [1.54, 1.807) is 6.07 Å². The van der Waals surface area contributed by atoms with Gasteiger partial charge in [-0.05, 0) is 42.6 Å². The fourth-order valence-corrected chi connectivity index (χ4v) is 3.80. The molecular weight excluding hydrogens is 396 g/mol. The molecule has 150 valence electrons. The van der Waals surface area contributed by atoms with E-state index in [-0.39, 0.29) is 10.5 Å². The van der Waals surface area contributed by atoms with Crippen LogP contribution in [0.15, 0.2) is 28.3 Å². The summed E-state index contributed by atoms with van der Waals surface area (Å²) in [6.45, 7) is 1.49. The first-order valence-corrected chi connectivity index (χ1v) is 11.8. The Hall–Kier alpha value is -2.34. The molecule has 1 aromatic rings. The molecule has 1 fully saturated rings. The van der Waals surface area contributed by atoms with Crippen LogP contribution in [0.2, 0.25) is 0 Å². The summed E-state index contributed by atoms with van der Waals surface area (Å²) < 4.78 is 50.3.